The number of nitriles is 1. The minimum atomic E-state index is -4.08. The van der Waals surface area contributed by atoms with Crippen molar-refractivity contribution in [2.24, 2.45) is 0 Å². The number of carbonyl (C=O) groups excluding carboxylic acids is 1. The molecule has 0 fully saturated rings. The summed E-state index contributed by atoms with van der Waals surface area (Å²) in [5.74, 6) is -1.24. The van der Waals surface area contributed by atoms with Crippen LogP contribution >= 0.6 is 0 Å². The maximum absolute atomic E-state index is 11.1. The first-order chi connectivity index (χ1) is 7.76. The summed E-state index contributed by atoms with van der Waals surface area (Å²) in [5, 5.41) is 8.29. The Balaban J connectivity index is 4.21. The molecule has 0 saturated heterocycles. The molecule has 17 heavy (non-hydrogen) atoms. The lowest BCUT2D eigenvalue weighted by atomic mass is 10.3. The summed E-state index contributed by atoms with van der Waals surface area (Å²) in [6.45, 7) is 4.76. The highest BCUT2D eigenvalue weighted by molar-refractivity contribution is 7.85. The number of nitrogens with zero attached hydrogens (tertiary/aromatic N) is 1. The predicted octanol–water partition coefficient (Wildman–Crippen LogP) is 0.597. The molecule has 0 spiro atoms. The van der Waals surface area contributed by atoms with Crippen molar-refractivity contribution in [2.45, 2.75) is 26.1 Å². The molecule has 7 nitrogen and oxygen atoms in total. The standard InChI is InChI=1S/C9H13NO6S/c1-7(2)9(11)16-8(15-6-10)4-3-5-17(12,13)14/h8H,1,3-5H2,2H3,(H,12,13,14). The predicted molar refractivity (Wildman–Crippen MR) is 57.0 cm³/mol. The zero-order valence-electron chi connectivity index (χ0n) is 9.25. The molecule has 0 aliphatic heterocycles. The van der Waals surface area contributed by atoms with E-state index in [0.29, 0.717) is 0 Å². The van der Waals surface area contributed by atoms with Crippen LogP contribution in [0.5, 0.6) is 0 Å². The molecule has 0 heterocycles. The Morgan fingerprint density at radius 2 is 2.18 bits per heavy atom. The monoisotopic (exact) mass is 263 g/mol. The molecule has 8 heteroatoms. The summed E-state index contributed by atoms with van der Waals surface area (Å²) in [6, 6.07) is 0. The molecule has 0 aromatic rings. The number of esters is 1. The van der Waals surface area contributed by atoms with Crippen molar-refractivity contribution < 1.29 is 27.2 Å². The Morgan fingerprint density at radius 3 is 2.59 bits per heavy atom. The smallest absolute Gasteiger partial charge is 0.336 e. The van der Waals surface area contributed by atoms with Gasteiger partial charge in [-0.1, -0.05) is 6.58 Å². The minimum Gasteiger partial charge on any atom is -0.421 e. The van der Waals surface area contributed by atoms with Crippen LogP contribution in [-0.4, -0.2) is 31.0 Å². The molecule has 1 unspecified atom stereocenters. The molecule has 0 aliphatic carbocycles. The molecule has 0 bridgehead atoms. The molecule has 0 saturated carbocycles. The summed E-state index contributed by atoms with van der Waals surface area (Å²) in [7, 11) is -4.08. The molecule has 96 valence electrons. The first kappa shape index (κ1) is 15.4. The number of carbonyl (C=O) groups is 1. The average Bonchev–Trinajstić information content (AvgIpc) is 2.15. The second-order valence-electron chi connectivity index (χ2n) is 3.25. The highest BCUT2D eigenvalue weighted by Crippen LogP contribution is 2.08. The van der Waals surface area contributed by atoms with E-state index in [1.807, 2.05) is 0 Å². The normalized spacial score (nSPS) is 12.3. The fraction of sp³-hybridized carbons (Fsp3) is 0.556. The van der Waals surface area contributed by atoms with Gasteiger partial charge in [0, 0.05) is 12.0 Å². The van der Waals surface area contributed by atoms with Crippen LogP contribution in [0.3, 0.4) is 0 Å². The number of rotatable bonds is 7. The molecule has 0 aliphatic rings. The second-order valence-corrected chi connectivity index (χ2v) is 4.82. The van der Waals surface area contributed by atoms with Crippen LogP contribution in [0.15, 0.2) is 12.2 Å². The van der Waals surface area contributed by atoms with Crippen molar-refractivity contribution >= 4 is 16.1 Å². The second kappa shape index (κ2) is 6.88. The van der Waals surface area contributed by atoms with E-state index >= 15 is 0 Å². The maximum Gasteiger partial charge on any atom is 0.336 e. The Labute approximate surface area is 99.4 Å². The van der Waals surface area contributed by atoms with Gasteiger partial charge < -0.3 is 9.47 Å². The minimum absolute atomic E-state index is 0.00531. The van der Waals surface area contributed by atoms with Gasteiger partial charge in [0.25, 0.3) is 22.7 Å². The van der Waals surface area contributed by atoms with Crippen LogP contribution in [-0.2, 0) is 24.4 Å². The number of ether oxygens (including phenoxy) is 2. The topological polar surface area (TPSA) is 114 Å². The largest absolute Gasteiger partial charge is 0.421 e. The zero-order valence-corrected chi connectivity index (χ0v) is 10.1. The summed E-state index contributed by atoms with van der Waals surface area (Å²) >= 11 is 0. The van der Waals surface area contributed by atoms with Crippen molar-refractivity contribution in [1.82, 2.24) is 0 Å². The summed E-state index contributed by atoms with van der Waals surface area (Å²) in [5.41, 5.74) is 0.131. The summed E-state index contributed by atoms with van der Waals surface area (Å²) in [6.07, 6.45) is 0.139. The third-order valence-corrected chi connectivity index (χ3v) is 2.42. The third kappa shape index (κ3) is 8.24. The highest BCUT2D eigenvalue weighted by Gasteiger charge is 2.17. The fourth-order valence-electron chi connectivity index (χ4n) is 0.853. The van der Waals surface area contributed by atoms with Gasteiger partial charge in [-0.2, -0.15) is 13.7 Å². The molecule has 0 amide bonds. The molecular weight excluding hydrogens is 250 g/mol. The Hall–Kier alpha value is -1.59. The summed E-state index contributed by atoms with van der Waals surface area (Å²) in [4.78, 5) is 11.1. The van der Waals surface area contributed by atoms with Crippen LogP contribution in [0.4, 0.5) is 0 Å². The third-order valence-electron chi connectivity index (χ3n) is 1.61. The Kier molecular flexibility index (Phi) is 6.23. The summed E-state index contributed by atoms with van der Waals surface area (Å²) < 4.78 is 38.5. The van der Waals surface area contributed by atoms with Gasteiger partial charge in [0.05, 0.1) is 5.75 Å². The number of hydrogen-bond acceptors (Lipinski definition) is 6. The van der Waals surface area contributed by atoms with Crippen molar-refractivity contribution in [1.29, 1.82) is 5.26 Å². The molecule has 1 atom stereocenters. The van der Waals surface area contributed by atoms with Crippen molar-refractivity contribution in [3.63, 3.8) is 0 Å². The first-order valence-electron chi connectivity index (χ1n) is 4.62. The Bertz CT molecular complexity index is 421. The molecule has 0 radical (unpaired) electrons. The first-order valence-corrected chi connectivity index (χ1v) is 6.23. The lowest BCUT2D eigenvalue weighted by molar-refractivity contribution is -0.163. The number of hydrogen-bond donors (Lipinski definition) is 1. The van der Waals surface area contributed by atoms with Crippen LogP contribution in [0, 0.1) is 11.5 Å². The van der Waals surface area contributed by atoms with Gasteiger partial charge in [0.15, 0.2) is 0 Å². The highest BCUT2D eigenvalue weighted by atomic mass is 32.2. The van der Waals surface area contributed by atoms with E-state index in [-0.39, 0.29) is 18.4 Å². The van der Waals surface area contributed by atoms with Crippen LogP contribution in [0.2, 0.25) is 0 Å². The maximum atomic E-state index is 11.1. The molecule has 0 aromatic carbocycles. The molecule has 1 N–H and O–H groups in total. The van der Waals surface area contributed by atoms with E-state index in [1.165, 1.54) is 13.2 Å². The van der Waals surface area contributed by atoms with Crippen LogP contribution < -0.4 is 0 Å². The van der Waals surface area contributed by atoms with Gasteiger partial charge in [-0.15, -0.1) is 0 Å². The fourth-order valence-corrected chi connectivity index (χ4v) is 1.38. The van der Waals surface area contributed by atoms with E-state index in [9.17, 15) is 13.2 Å². The Morgan fingerprint density at radius 1 is 1.59 bits per heavy atom. The van der Waals surface area contributed by atoms with Crippen LogP contribution in [0.25, 0.3) is 0 Å². The van der Waals surface area contributed by atoms with E-state index in [2.05, 4.69) is 11.3 Å². The SMILES string of the molecule is C=C(C)C(=O)OC(CCCS(=O)(=O)O)OC#N. The van der Waals surface area contributed by atoms with Crippen molar-refractivity contribution in [2.75, 3.05) is 5.75 Å². The average molecular weight is 263 g/mol. The lowest BCUT2D eigenvalue weighted by Gasteiger charge is -2.14. The van der Waals surface area contributed by atoms with Gasteiger partial charge in [-0.25, -0.2) is 4.79 Å². The molecule has 0 aromatic heterocycles. The van der Waals surface area contributed by atoms with E-state index in [1.54, 1.807) is 0 Å². The lowest BCUT2D eigenvalue weighted by Crippen LogP contribution is -2.21. The van der Waals surface area contributed by atoms with Gasteiger partial charge in [-0.3, -0.25) is 4.55 Å². The van der Waals surface area contributed by atoms with Crippen molar-refractivity contribution in [3.8, 4) is 6.26 Å². The van der Waals surface area contributed by atoms with E-state index in [4.69, 9.17) is 14.6 Å². The van der Waals surface area contributed by atoms with Gasteiger partial charge in [0.2, 0.25) is 0 Å². The zero-order chi connectivity index (χ0) is 13.5. The van der Waals surface area contributed by atoms with Crippen LogP contribution in [0.1, 0.15) is 19.8 Å². The molecule has 0 rings (SSSR count). The van der Waals surface area contributed by atoms with Gasteiger partial charge in [0.1, 0.15) is 0 Å². The van der Waals surface area contributed by atoms with Gasteiger partial charge in [-0.05, 0) is 13.3 Å². The van der Waals surface area contributed by atoms with E-state index in [0.717, 1.165) is 0 Å². The van der Waals surface area contributed by atoms with Crippen molar-refractivity contribution in [3.05, 3.63) is 12.2 Å². The van der Waals surface area contributed by atoms with Gasteiger partial charge >= 0.3 is 5.97 Å². The molecular formula is C9H13NO6S. The van der Waals surface area contributed by atoms with E-state index < -0.39 is 28.1 Å². The quantitative estimate of drug-likeness (QED) is 0.235.